The molecule has 1 N–H and O–H groups in total. The summed E-state index contributed by atoms with van der Waals surface area (Å²) in [5.41, 5.74) is -0.396. The highest BCUT2D eigenvalue weighted by Gasteiger charge is 2.31. The smallest absolute Gasteiger partial charge is 0.416 e. The Morgan fingerprint density at radius 3 is 2.49 bits per heavy atom. The number of amides is 1. The van der Waals surface area contributed by atoms with Crippen molar-refractivity contribution in [1.82, 2.24) is 15.1 Å². The van der Waals surface area contributed by atoms with Crippen molar-refractivity contribution in [3.05, 3.63) is 59.0 Å². The first-order valence-corrected chi connectivity index (χ1v) is 12.8. The SMILES string of the molecule is CCCC(CCCC(=O)c1ccc(C(F)(F)F)cc1F)Cn1cc2c(OC)c(C(=O)NCCOC)ccc2n1. The van der Waals surface area contributed by atoms with E-state index in [2.05, 4.69) is 10.4 Å². The monoisotopic (exact) mass is 551 g/mol. The fourth-order valence-electron chi connectivity index (χ4n) is 4.57. The number of Topliss-reactive ketones (excluding diaryl/α,β-unsaturated/α-hetero) is 1. The third-order valence-corrected chi connectivity index (χ3v) is 6.48. The maximum Gasteiger partial charge on any atom is 0.416 e. The molecule has 0 aliphatic rings. The van der Waals surface area contributed by atoms with Crippen molar-refractivity contribution in [2.75, 3.05) is 27.4 Å². The summed E-state index contributed by atoms with van der Waals surface area (Å²) in [6.45, 7) is 3.36. The van der Waals surface area contributed by atoms with Gasteiger partial charge in [-0.1, -0.05) is 13.3 Å². The molecule has 1 unspecified atom stereocenters. The van der Waals surface area contributed by atoms with Gasteiger partial charge in [-0.2, -0.15) is 18.3 Å². The molecule has 3 aromatic rings. The van der Waals surface area contributed by atoms with Crippen molar-refractivity contribution in [1.29, 1.82) is 0 Å². The summed E-state index contributed by atoms with van der Waals surface area (Å²) in [4.78, 5) is 25.1. The van der Waals surface area contributed by atoms with Gasteiger partial charge in [0.25, 0.3) is 5.91 Å². The number of halogens is 4. The Kier molecular flexibility index (Phi) is 10.4. The molecular weight excluding hydrogens is 518 g/mol. The van der Waals surface area contributed by atoms with E-state index in [-0.39, 0.29) is 23.8 Å². The van der Waals surface area contributed by atoms with Gasteiger partial charge in [-0.15, -0.1) is 0 Å². The number of nitrogens with zero attached hydrogens (tertiary/aromatic N) is 2. The average molecular weight is 552 g/mol. The van der Waals surface area contributed by atoms with Crippen LogP contribution in [0.2, 0.25) is 0 Å². The second-order valence-corrected chi connectivity index (χ2v) is 9.34. The van der Waals surface area contributed by atoms with Crippen molar-refractivity contribution < 1.29 is 36.6 Å². The molecule has 0 saturated carbocycles. The molecule has 7 nitrogen and oxygen atoms in total. The van der Waals surface area contributed by atoms with Gasteiger partial charge in [-0.3, -0.25) is 14.3 Å². The third-order valence-electron chi connectivity index (χ3n) is 6.48. The van der Waals surface area contributed by atoms with Gasteiger partial charge in [0, 0.05) is 32.8 Å². The molecule has 39 heavy (non-hydrogen) atoms. The third kappa shape index (κ3) is 7.78. The largest absolute Gasteiger partial charge is 0.495 e. The molecule has 0 aliphatic carbocycles. The van der Waals surface area contributed by atoms with Gasteiger partial charge in [0.1, 0.15) is 11.6 Å². The van der Waals surface area contributed by atoms with E-state index in [1.54, 1.807) is 23.9 Å². The number of aromatic nitrogens is 2. The summed E-state index contributed by atoms with van der Waals surface area (Å²) in [5.74, 6) is -1.38. The van der Waals surface area contributed by atoms with Gasteiger partial charge in [-0.25, -0.2) is 4.39 Å². The fraction of sp³-hybridized carbons (Fsp3) is 0.464. The number of fused-ring (bicyclic) bond motifs is 1. The summed E-state index contributed by atoms with van der Waals surface area (Å²) in [7, 11) is 3.05. The zero-order valence-corrected chi connectivity index (χ0v) is 22.2. The number of ketones is 1. The topological polar surface area (TPSA) is 82.5 Å². The highest BCUT2D eigenvalue weighted by molar-refractivity contribution is 6.03. The van der Waals surface area contributed by atoms with Gasteiger partial charge >= 0.3 is 6.18 Å². The quantitative estimate of drug-likeness (QED) is 0.150. The van der Waals surface area contributed by atoms with E-state index >= 15 is 0 Å². The molecule has 0 spiro atoms. The molecule has 0 bridgehead atoms. The molecule has 1 aromatic heterocycles. The number of hydrogen-bond acceptors (Lipinski definition) is 5. The number of benzene rings is 2. The lowest BCUT2D eigenvalue weighted by atomic mass is 9.95. The second kappa shape index (κ2) is 13.5. The van der Waals surface area contributed by atoms with Crippen LogP contribution in [0.25, 0.3) is 10.9 Å². The molecule has 0 radical (unpaired) electrons. The van der Waals surface area contributed by atoms with Crippen molar-refractivity contribution >= 4 is 22.6 Å². The Hall–Kier alpha value is -3.47. The first-order chi connectivity index (χ1) is 18.6. The molecule has 0 aliphatic heterocycles. The zero-order valence-electron chi connectivity index (χ0n) is 22.2. The van der Waals surface area contributed by atoms with Crippen LogP contribution in [-0.4, -0.2) is 48.8 Å². The van der Waals surface area contributed by atoms with E-state index in [9.17, 15) is 27.2 Å². The maximum absolute atomic E-state index is 14.2. The number of carbonyl (C=O) groups is 2. The lowest BCUT2D eigenvalue weighted by Gasteiger charge is -2.16. The Labute approximate surface area is 224 Å². The fourth-order valence-corrected chi connectivity index (χ4v) is 4.57. The highest BCUT2D eigenvalue weighted by Crippen LogP contribution is 2.32. The normalized spacial score (nSPS) is 12.5. The maximum atomic E-state index is 14.2. The predicted molar refractivity (Wildman–Crippen MR) is 138 cm³/mol. The van der Waals surface area contributed by atoms with E-state index in [0.29, 0.717) is 60.8 Å². The van der Waals surface area contributed by atoms with E-state index in [1.165, 1.54) is 7.11 Å². The Bertz CT molecular complexity index is 1290. The van der Waals surface area contributed by atoms with E-state index < -0.39 is 23.3 Å². The molecule has 2 aromatic carbocycles. The number of alkyl halides is 3. The van der Waals surface area contributed by atoms with Gasteiger partial charge in [0.2, 0.25) is 0 Å². The standard InChI is InChI=1S/C28H33F4N3O4/c1-4-6-18(7-5-8-25(36)20-10-9-19(15-23(20)29)28(30,31)32)16-35-17-22-24(34-35)12-11-21(26(22)39-3)27(37)33-13-14-38-2/h9-12,15,17-18H,4-8,13-14,16H2,1-3H3,(H,33,37). The summed E-state index contributed by atoms with van der Waals surface area (Å²) < 4.78 is 64.8. The average Bonchev–Trinajstić information content (AvgIpc) is 3.30. The number of carbonyl (C=O) groups excluding carboxylic acids is 2. The van der Waals surface area contributed by atoms with Crippen LogP contribution in [-0.2, 0) is 17.5 Å². The number of ether oxygens (including phenoxy) is 2. The number of hydrogen-bond donors (Lipinski definition) is 1. The number of rotatable bonds is 14. The Balaban J connectivity index is 1.66. The van der Waals surface area contributed by atoms with Crippen molar-refractivity contribution in [3.8, 4) is 5.75 Å². The molecule has 1 heterocycles. The summed E-state index contributed by atoms with van der Waals surface area (Å²) in [5, 5.41) is 8.10. The van der Waals surface area contributed by atoms with Gasteiger partial charge < -0.3 is 14.8 Å². The van der Waals surface area contributed by atoms with Crippen molar-refractivity contribution in [2.45, 2.75) is 51.7 Å². The van der Waals surface area contributed by atoms with Gasteiger partial charge in [0.05, 0.1) is 41.3 Å². The molecule has 0 saturated heterocycles. The van der Waals surface area contributed by atoms with Crippen LogP contribution in [0.3, 0.4) is 0 Å². The summed E-state index contributed by atoms with van der Waals surface area (Å²) in [6, 6.07) is 5.40. The molecule has 1 atom stereocenters. The van der Waals surface area contributed by atoms with Crippen LogP contribution in [0.5, 0.6) is 5.75 Å². The molecule has 0 fully saturated rings. The first kappa shape index (κ1) is 30.1. The van der Waals surface area contributed by atoms with Gasteiger partial charge in [0.15, 0.2) is 5.78 Å². The van der Waals surface area contributed by atoms with Crippen molar-refractivity contribution in [2.24, 2.45) is 5.92 Å². The van der Waals surface area contributed by atoms with Gasteiger partial charge in [-0.05, 0) is 55.5 Å². The summed E-state index contributed by atoms with van der Waals surface area (Å²) >= 11 is 0. The number of methoxy groups -OCH3 is 2. The second-order valence-electron chi connectivity index (χ2n) is 9.34. The predicted octanol–water partition coefficient (Wildman–Crippen LogP) is 6.05. The highest BCUT2D eigenvalue weighted by atomic mass is 19.4. The lowest BCUT2D eigenvalue weighted by molar-refractivity contribution is -0.137. The Morgan fingerprint density at radius 1 is 1.10 bits per heavy atom. The molecule has 212 valence electrons. The van der Waals surface area contributed by atoms with E-state index in [4.69, 9.17) is 9.47 Å². The molecule has 11 heteroatoms. The molecule has 3 rings (SSSR count). The minimum Gasteiger partial charge on any atom is -0.495 e. The van der Waals surface area contributed by atoms with Crippen LogP contribution < -0.4 is 10.1 Å². The van der Waals surface area contributed by atoms with Crippen LogP contribution >= 0.6 is 0 Å². The molecular formula is C28H33F4N3O4. The Morgan fingerprint density at radius 2 is 1.85 bits per heavy atom. The van der Waals surface area contributed by atoms with Crippen LogP contribution in [0, 0.1) is 11.7 Å². The summed E-state index contributed by atoms with van der Waals surface area (Å²) in [6.07, 6.45) is 0.0627. The lowest BCUT2D eigenvalue weighted by Crippen LogP contribution is -2.27. The van der Waals surface area contributed by atoms with Crippen molar-refractivity contribution in [3.63, 3.8) is 0 Å². The van der Waals surface area contributed by atoms with Crippen LogP contribution in [0.15, 0.2) is 36.5 Å². The molecule has 1 amide bonds. The van der Waals surface area contributed by atoms with Crippen LogP contribution in [0.4, 0.5) is 17.6 Å². The van der Waals surface area contributed by atoms with Crippen LogP contribution in [0.1, 0.15) is 65.3 Å². The minimum absolute atomic E-state index is 0.0267. The minimum atomic E-state index is -4.67. The van der Waals surface area contributed by atoms with E-state index in [1.807, 2.05) is 13.1 Å². The first-order valence-electron chi connectivity index (χ1n) is 12.8. The zero-order chi connectivity index (χ0) is 28.6. The van der Waals surface area contributed by atoms with E-state index in [0.717, 1.165) is 25.0 Å². The number of nitrogens with one attached hydrogen (secondary N) is 1.